The summed E-state index contributed by atoms with van der Waals surface area (Å²) in [7, 11) is 0. The molecule has 3 atom stereocenters. The van der Waals surface area contributed by atoms with Crippen LogP contribution < -0.4 is 15.4 Å². The number of nitrogens with zero attached hydrogens (tertiary/aromatic N) is 1. The molecule has 0 aromatic heterocycles. The number of ether oxygens (including phenoxy) is 1. The minimum atomic E-state index is -0.168. The molecule has 1 aliphatic carbocycles. The molecule has 120 valence electrons. The second kappa shape index (κ2) is 5.76. The maximum atomic E-state index is 13.5. The van der Waals surface area contributed by atoms with Crippen molar-refractivity contribution in [2.24, 2.45) is 5.92 Å². The second-order valence-corrected chi connectivity index (χ2v) is 6.58. The highest BCUT2D eigenvalue weighted by molar-refractivity contribution is 5.49. The summed E-state index contributed by atoms with van der Waals surface area (Å²) in [5, 5.41) is 0. The average molecular weight is 312 g/mol. The van der Waals surface area contributed by atoms with Gasteiger partial charge in [0.25, 0.3) is 0 Å². The Morgan fingerprint density at radius 3 is 2.70 bits per heavy atom. The molecule has 2 aromatic rings. The maximum Gasteiger partial charge on any atom is 0.125 e. The van der Waals surface area contributed by atoms with E-state index in [4.69, 9.17) is 10.5 Å². The smallest absolute Gasteiger partial charge is 0.125 e. The molecule has 1 saturated carbocycles. The van der Waals surface area contributed by atoms with E-state index >= 15 is 0 Å². The van der Waals surface area contributed by atoms with Crippen LogP contribution in [0.1, 0.15) is 19.3 Å². The molecule has 3 unspecified atom stereocenters. The molecular weight excluding hydrogens is 291 g/mol. The number of nitrogens with two attached hydrogens (primary N) is 1. The normalized spacial score (nSPS) is 26.3. The first-order valence-corrected chi connectivity index (χ1v) is 8.23. The van der Waals surface area contributed by atoms with Gasteiger partial charge in [0.1, 0.15) is 17.7 Å². The molecule has 2 fully saturated rings. The van der Waals surface area contributed by atoms with E-state index in [0.717, 1.165) is 42.9 Å². The predicted octanol–water partition coefficient (Wildman–Crippen LogP) is 3.84. The van der Waals surface area contributed by atoms with Gasteiger partial charge in [0, 0.05) is 29.9 Å². The quantitative estimate of drug-likeness (QED) is 0.875. The molecule has 23 heavy (non-hydrogen) atoms. The van der Waals surface area contributed by atoms with Gasteiger partial charge in [0.05, 0.1) is 0 Å². The van der Waals surface area contributed by atoms with Gasteiger partial charge in [-0.25, -0.2) is 4.39 Å². The van der Waals surface area contributed by atoms with Crippen LogP contribution in [0, 0.1) is 11.7 Å². The van der Waals surface area contributed by atoms with Crippen molar-refractivity contribution in [2.75, 3.05) is 17.2 Å². The summed E-state index contributed by atoms with van der Waals surface area (Å²) in [6, 6.07) is 15.0. The molecule has 1 heterocycles. The summed E-state index contributed by atoms with van der Waals surface area (Å²) in [6.45, 7) is 0.938. The molecule has 3 nitrogen and oxygen atoms in total. The van der Waals surface area contributed by atoms with Gasteiger partial charge in [0.15, 0.2) is 0 Å². The van der Waals surface area contributed by atoms with Crippen LogP contribution in [0.5, 0.6) is 5.75 Å². The molecule has 1 aliphatic heterocycles. The summed E-state index contributed by atoms with van der Waals surface area (Å²) in [5.74, 6) is 1.21. The Labute approximate surface area is 135 Å². The SMILES string of the molecule is Nc1ccc(OC2CCC3CC2CN3c2cccc(F)c2)cc1. The van der Waals surface area contributed by atoms with E-state index in [9.17, 15) is 4.39 Å². The molecular formula is C19H21FN2O. The Hall–Kier alpha value is -2.23. The first-order chi connectivity index (χ1) is 11.2. The maximum absolute atomic E-state index is 13.5. The zero-order chi connectivity index (χ0) is 15.8. The van der Waals surface area contributed by atoms with Gasteiger partial charge in [-0.05, 0) is 61.7 Å². The lowest BCUT2D eigenvalue weighted by Gasteiger charge is -2.29. The highest BCUT2D eigenvalue weighted by atomic mass is 19.1. The highest BCUT2D eigenvalue weighted by Crippen LogP contribution is 2.40. The number of fused-ring (bicyclic) bond motifs is 2. The number of rotatable bonds is 3. The van der Waals surface area contributed by atoms with E-state index in [-0.39, 0.29) is 11.9 Å². The first-order valence-electron chi connectivity index (χ1n) is 8.23. The minimum Gasteiger partial charge on any atom is -0.490 e. The van der Waals surface area contributed by atoms with Crippen molar-refractivity contribution in [3.63, 3.8) is 0 Å². The molecule has 2 aliphatic rings. The molecule has 4 rings (SSSR count). The Morgan fingerprint density at radius 1 is 1.09 bits per heavy atom. The van der Waals surface area contributed by atoms with Gasteiger partial charge in [-0.15, -0.1) is 0 Å². The van der Waals surface area contributed by atoms with E-state index in [1.54, 1.807) is 12.1 Å². The third kappa shape index (κ3) is 2.85. The van der Waals surface area contributed by atoms with Gasteiger partial charge in [-0.2, -0.15) is 0 Å². The van der Waals surface area contributed by atoms with E-state index in [1.807, 2.05) is 30.3 Å². The fraction of sp³-hybridized carbons (Fsp3) is 0.368. The zero-order valence-corrected chi connectivity index (χ0v) is 13.0. The fourth-order valence-corrected chi connectivity index (χ4v) is 3.94. The molecule has 2 N–H and O–H groups in total. The van der Waals surface area contributed by atoms with Crippen molar-refractivity contribution >= 4 is 11.4 Å². The number of hydrogen-bond acceptors (Lipinski definition) is 3. The summed E-state index contributed by atoms with van der Waals surface area (Å²) >= 11 is 0. The predicted molar refractivity (Wildman–Crippen MR) is 90.1 cm³/mol. The Morgan fingerprint density at radius 2 is 1.91 bits per heavy atom. The van der Waals surface area contributed by atoms with Crippen molar-refractivity contribution in [3.05, 3.63) is 54.3 Å². The number of hydrogen-bond donors (Lipinski definition) is 1. The number of nitrogen functional groups attached to an aromatic ring is 1. The van der Waals surface area contributed by atoms with E-state index in [1.165, 1.54) is 6.07 Å². The fourth-order valence-electron chi connectivity index (χ4n) is 3.94. The number of benzene rings is 2. The van der Waals surface area contributed by atoms with E-state index in [0.29, 0.717) is 12.0 Å². The van der Waals surface area contributed by atoms with Crippen molar-refractivity contribution < 1.29 is 9.13 Å². The first kappa shape index (κ1) is 14.4. The monoisotopic (exact) mass is 312 g/mol. The van der Waals surface area contributed by atoms with Crippen molar-refractivity contribution in [1.82, 2.24) is 0 Å². The van der Waals surface area contributed by atoms with Crippen LogP contribution in [-0.2, 0) is 0 Å². The molecule has 1 saturated heterocycles. The summed E-state index contributed by atoms with van der Waals surface area (Å²) in [5.41, 5.74) is 7.46. The van der Waals surface area contributed by atoms with Crippen LogP contribution in [0.3, 0.4) is 0 Å². The standard InChI is InChI=1S/C19H21FN2O/c20-14-2-1-3-16(11-14)22-12-13-10-17(22)6-9-19(13)23-18-7-4-15(21)5-8-18/h1-5,7-8,11,13,17,19H,6,9-10,12,21H2. The molecule has 0 radical (unpaired) electrons. The van der Waals surface area contributed by atoms with Crippen molar-refractivity contribution in [3.8, 4) is 5.75 Å². The molecule has 0 spiro atoms. The minimum absolute atomic E-state index is 0.168. The second-order valence-electron chi connectivity index (χ2n) is 6.58. The van der Waals surface area contributed by atoms with Gasteiger partial charge in [0.2, 0.25) is 0 Å². The molecule has 2 bridgehead atoms. The van der Waals surface area contributed by atoms with Crippen LogP contribution in [0.25, 0.3) is 0 Å². The largest absolute Gasteiger partial charge is 0.490 e. The van der Waals surface area contributed by atoms with Crippen molar-refractivity contribution in [2.45, 2.75) is 31.4 Å². The lowest BCUT2D eigenvalue weighted by molar-refractivity contribution is 0.113. The number of anilines is 2. The molecule has 0 amide bonds. The summed E-state index contributed by atoms with van der Waals surface area (Å²) in [4.78, 5) is 2.35. The Bertz CT molecular complexity index is 688. The van der Waals surface area contributed by atoms with E-state index < -0.39 is 0 Å². The van der Waals surface area contributed by atoms with Crippen LogP contribution in [0.2, 0.25) is 0 Å². The lowest BCUT2D eigenvalue weighted by atomic mass is 9.87. The van der Waals surface area contributed by atoms with Gasteiger partial charge < -0.3 is 15.4 Å². The van der Waals surface area contributed by atoms with Crippen LogP contribution in [0.15, 0.2) is 48.5 Å². The summed E-state index contributed by atoms with van der Waals surface area (Å²) < 4.78 is 19.7. The van der Waals surface area contributed by atoms with Crippen molar-refractivity contribution in [1.29, 1.82) is 0 Å². The van der Waals surface area contributed by atoms with E-state index in [2.05, 4.69) is 4.90 Å². The van der Waals surface area contributed by atoms with Gasteiger partial charge >= 0.3 is 0 Å². The number of halogens is 1. The Kier molecular flexibility index (Phi) is 3.60. The average Bonchev–Trinajstić information content (AvgIpc) is 2.90. The zero-order valence-electron chi connectivity index (χ0n) is 13.0. The topological polar surface area (TPSA) is 38.5 Å². The molecule has 2 aromatic carbocycles. The van der Waals surface area contributed by atoms with Gasteiger partial charge in [-0.3, -0.25) is 0 Å². The third-order valence-corrected chi connectivity index (χ3v) is 5.06. The van der Waals surface area contributed by atoms with Crippen LogP contribution in [-0.4, -0.2) is 18.7 Å². The van der Waals surface area contributed by atoms with Crippen LogP contribution >= 0.6 is 0 Å². The van der Waals surface area contributed by atoms with Gasteiger partial charge in [-0.1, -0.05) is 6.07 Å². The molecule has 4 heteroatoms. The van der Waals surface area contributed by atoms with Crippen LogP contribution in [0.4, 0.5) is 15.8 Å². The lowest BCUT2D eigenvalue weighted by Crippen LogP contribution is -2.31. The Balaban J connectivity index is 1.48. The highest BCUT2D eigenvalue weighted by Gasteiger charge is 2.42. The summed E-state index contributed by atoms with van der Waals surface area (Å²) in [6.07, 6.45) is 3.49. The third-order valence-electron chi connectivity index (χ3n) is 5.06.